The molecule has 1 atom stereocenters. The van der Waals surface area contributed by atoms with Crippen LogP contribution in [-0.2, 0) is 9.59 Å². The van der Waals surface area contributed by atoms with Crippen LogP contribution in [0.5, 0.6) is 5.75 Å². The first-order valence-corrected chi connectivity index (χ1v) is 11.2. The van der Waals surface area contributed by atoms with E-state index in [9.17, 15) is 9.59 Å². The Hall–Kier alpha value is -2.12. The van der Waals surface area contributed by atoms with E-state index in [0.717, 1.165) is 44.0 Å². The van der Waals surface area contributed by atoms with E-state index in [2.05, 4.69) is 9.80 Å². The molecule has 0 spiro atoms. The third-order valence-corrected chi connectivity index (χ3v) is 6.53. The molecule has 0 saturated carbocycles. The molecule has 0 aliphatic carbocycles. The quantitative estimate of drug-likeness (QED) is 0.614. The topological polar surface area (TPSA) is 53.1 Å². The van der Waals surface area contributed by atoms with Gasteiger partial charge >= 0.3 is 0 Å². The Morgan fingerprint density at radius 2 is 1.71 bits per heavy atom. The second kappa shape index (κ2) is 9.57. The average Bonchev–Trinajstić information content (AvgIpc) is 3.06. The Morgan fingerprint density at radius 3 is 2.39 bits per heavy atom. The minimum atomic E-state index is -0.403. The van der Waals surface area contributed by atoms with E-state index >= 15 is 0 Å². The number of amides is 2. The third-order valence-electron chi connectivity index (χ3n) is 5.87. The largest absolute Gasteiger partial charge is 0.492 e. The van der Waals surface area contributed by atoms with Gasteiger partial charge in [0.2, 0.25) is 5.91 Å². The lowest BCUT2D eigenvalue weighted by atomic mass is 10.1. The highest BCUT2D eigenvalue weighted by molar-refractivity contribution is 6.32. The first-order chi connectivity index (χ1) is 14.9. The summed E-state index contributed by atoms with van der Waals surface area (Å²) in [6.45, 7) is 6.44. The number of hydrogen-bond donors (Lipinski definition) is 0. The van der Waals surface area contributed by atoms with E-state index in [4.69, 9.17) is 27.9 Å². The van der Waals surface area contributed by atoms with Gasteiger partial charge < -0.3 is 4.74 Å². The molecule has 2 aliphatic heterocycles. The zero-order valence-corrected chi connectivity index (χ0v) is 18.9. The fourth-order valence-electron chi connectivity index (χ4n) is 4.02. The molecule has 0 N–H and O–H groups in total. The van der Waals surface area contributed by atoms with E-state index in [1.54, 1.807) is 12.1 Å². The monoisotopic (exact) mass is 461 g/mol. The summed E-state index contributed by atoms with van der Waals surface area (Å²) in [6.07, 6.45) is 0.212. The number of ether oxygens (including phenoxy) is 1. The van der Waals surface area contributed by atoms with Crippen molar-refractivity contribution in [2.75, 3.05) is 44.2 Å². The predicted molar refractivity (Wildman–Crippen MR) is 122 cm³/mol. The Kier molecular flexibility index (Phi) is 6.82. The second-order valence-electron chi connectivity index (χ2n) is 7.90. The van der Waals surface area contributed by atoms with Crippen molar-refractivity contribution in [3.05, 3.63) is 58.1 Å². The first-order valence-electron chi connectivity index (χ1n) is 10.4. The molecule has 8 heteroatoms. The van der Waals surface area contributed by atoms with Crippen LogP contribution in [0.4, 0.5) is 5.69 Å². The summed E-state index contributed by atoms with van der Waals surface area (Å²) in [7, 11) is 0. The molecular weight excluding hydrogens is 437 g/mol. The molecule has 0 unspecified atom stereocenters. The number of halogens is 2. The predicted octanol–water partition coefficient (Wildman–Crippen LogP) is 3.63. The standard InChI is InChI=1S/C23H25Cl2N3O3/c1-16-2-5-18(14-20(16)25)28-22(29)15-21(23(28)30)27-10-8-26(9-11-27)12-13-31-19-6-3-17(24)4-7-19/h2-7,14,21H,8-13,15H2,1H3/t21-/m0/s1. The molecule has 2 saturated heterocycles. The highest BCUT2D eigenvalue weighted by Gasteiger charge is 2.43. The molecule has 2 aromatic carbocycles. The molecule has 4 rings (SSSR count). The van der Waals surface area contributed by atoms with Crippen molar-refractivity contribution in [1.29, 1.82) is 0 Å². The van der Waals surface area contributed by atoms with Crippen LogP contribution in [0.25, 0.3) is 0 Å². The zero-order chi connectivity index (χ0) is 22.0. The molecule has 2 fully saturated rings. The maximum atomic E-state index is 13.0. The minimum absolute atomic E-state index is 0.163. The average molecular weight is 462 g/mol. The number of hydrogen-bond acceptors (Lipinski definition) is 5. The van der Waals surface area contributed by atoms with Gasteiger partial charge in [0.15, 0.2) is 0 Å². The number of carbonyl (C=O) groups is 2. The number of rotatable bonds is 6. The molecular formula is C23H25Cl2N3O3. The SMILES string of the molecule is Cc1ccc(N2C(=O)C[C@H](N3CCN(CCOc4ccc(Cl)cc4)CC3)C2=O)cc1Cl. The van der Waals surface area contributed by atoms with Gasteiger partial charge in [-0.2, -0.15) is 0 Å². The lowest BCUT2D eigenvalue weighted by molar-refractivity contribution is -0.123. The van der Waals surface area contributed by atoms with Gasteiger partial charge in [0.05, 0.1) is 18.2 Å². The number of carbonyl (C=O) groups excluding carboxylic acids is 2. The van der Waals surface area contributed by atoms with Gasteiger partial charge in [-0.25, -0.2) is 4.90 Å². The molecule has 6 nitrogen and oxygen atoms in total. The van der Waals surface area contributed by atoms with Crippen molar-refractivity contribution in [3.8, 4) is 5.75 Å². The van der Waals surface area contributed by atoms with Gasteiger partial charge in [-0.05, 0) is 48.9 Å². The smallest absolute Gasteiger partial charge is 0.251 e. The first kappa shape index (κ1) is 22.1. The van der Waals surface area contributed by atoms with Crippen LogP contribution in [0.2, 0.25) is 10.0 Å². The molecule has 2 aliphatic rings. The van der Waals surface area contributed by atoms with Gasteiger partial charge in [-0.3, -0.25) is 19.4 Å². The number of piperazine rings is 1. The summed E-state index contributed by atoms with van der Waals surface area (Å²) >= 11 is 12.1. The molecule has 2 amide bonds. The number of nitrogens with zero attached hydrogens (tertiary/aromatic N) is 3. The third kappa shape index (κ3) is 5.04. The highest BCUT2D eigenvalue weighted by Crippen LogP contribution is 2.29. The van der Waals surface area contributed by atoms with Crippen molar-refractivity contribution >= 4 is 40.7 Å². The van der Waals surface area contributed by atoms with Crippen LogP contribution >= 0.6 is 23.2 Å². The zero-order valence-electron chi connectivity index (χ0n) is 17.4. The van der Waals surface area contributed by atoms with Crippen LogP contribution in [-0.4, -0.2) is 67.0 Å². The van der Waals surface area contributed by atoms with E-state index in [0.29, 0.717) is 22.3 Å². The van der Waals surface area contributed by atoms with Crippen LogP contribution in [0, 0.1) is 6.92 Å². The highest BCUT2D eigenvalue weighted by atomic mass is 35.5. The maximum absolute atomic E-state index is 13.0. The summed E-state index contributed by atoms with van der Waals surface area (Å²) in [5.41, 5.74) is 1.46. The Balaban J connectivity index is 1.28. The van der Waals surface area contributed by atoms with Gasteiger partial charge in [0.25, 0.3) is 5.91 Å². The number of imide groups is 1. The van der Waals surface area contributed by atoms with Crippen molar-refractivity contribution in [3.63, 3.8) is 0 Å². The van der Waals surface area contributed by atoms with Crippen molar-refractivity contribution < 1.29 is 14.3 Å². The molecule has 0 aromatic heterocycles. The molecule has 164 valence electrons. The van der Waals surface area contributed by atoms with Crippen molar-refractivity contribution in [2.45, 2.75) is 19.4 Å². The van der Waals surface area contributed by atoms with E-state index in [1.807, 2.05) is 37.3 Å². The Bertz CT molecular complexity index is 959. The van der Waals surface area contributed by atoms with Crippen LogP contribution < -0.4 is 9.64 Å². The summed E-state index contributed by atoms with van der Waals surface area (Å²) in [5, 5.41) is 1.24. The lowest BCUT2D eigenvalue weighted by Gasteiger charge is -2.36. The number of benzene rings is 2. The fraction of sp³-hybridized carbons (Fsp3) is 0.391. The molecule has 2 aromatic rings. The van der Waals surface area contributed by atoms with Gasteiger partial charge in [0, 0.05) is 42.8 Å². The summed E-state index contributed by atoms with van der Waals surface area (Å²) in [6, 6.07) is 12.2. The van der Waals surface area contributed by atoms with Gasteiger partial charge in [-0.15, -0.1) is 0 Å². The minimum Gasteiger partial charge on any atom is -0.492 e. The molecule has 31 heavy (non-hydrogen) atoms. The molecule has 0 radical (unpaired) electrons. The lowest BCUT2D eigenvalue weighted by Crippen LogP contribution is -2.53. The maximum Gasteiger partial charge on any atom is 0.251 e. The number of anilines is 1. The van der Waals surface area contributed by atoms with Crippen molar-refractivity contribution in [1.82, 2.24) is 9.80 Å². The van der Waals surface area contributed by atoms with Gasteiger partial charge in [0.1, 0.15) is 12.4 Å². The summed E-state index contributed by atoms with van der Waals surface area (Å²) in [5.74, 6) is 0.465. The number of aryl methyl sites for hydroxylation is 1. The van der Waals surface area contributed by atoms with Crippen molar-refractivity contribution in [2.24, 2.45) is 0 Å². The van der Waals surface area contributed by atoms with Crippen LogP contribution in [0.15, 0.2) is 42.5 Å². The Morgan fingerprint density at radius 1 is 1.00 bits per heavy atom. The van der Waals surface area contributed by atoms with Gasteiger partial charge in [-0.1, -0.05) is 29.3 Å². The van der Waals surface area contributed by atoms with Crippen LogP contribution in [0.3, 0.4) is 0 Å². The van der Waals surface area contributed by atoms with E-state index in [-0.39, 0.29) is 18.2 Å². The summed E-state index contributed by atoms with van der Waals surface area (Å²) < 4.78 is 5.77. The van der Waals surface area contributed by atoms with E-state index in [1.165, 1.54) is 4.90 Å². The molecule has 0 bridgehead atoms. The second-order valence-corrected chi connectivity index (χ2v) is 8.74. The fourth-order valence-corrected chi connectivity index (χ4v) is 4.32. The normalized spacial score (nSPS) is 20.5. The summed E-state index contributed by atoms with van der Waals surface area (Å²) in [4.78, 5) is 31.3. The van der Waals surface area contributed by atoms with Crippen LogP contribution in [0.1, 0.15) is 12.0 Å². The Labute approximate surface area is 192 Å². The van der Waals surface area contributed by atoms with E-state index < -0.39 is 6.04 Å². The molecule has 2 heterocycles.